The molecule has 0 aliphatic carbocycles. The summed E-state index contributed by atoms with van der Waals surface area (Å²) in [6.45, 7) is 1.82. The van der Waals surface area contributed by atoms with Crippen LogP contribution < -0.4 is 4.90 Å². The molecular weight excluding hydrogens is 244 g/mol. The lowest BCUT2D eigenvalue weighted by atomic mass is 9.97. The number of rotatable bonds is 2. The van der Waals surface area contributed by atoms with Crippen molar-refractivity contribution in [2.75, 3.05) is 4.90 Å². The number of hydrogen-bond donors (Lipinski definition) is 1. The van der Waals surface area contributed by atoms with E-state index in [1.165, 1.54) is 0 Å². The van der Waals surface area contributed by atoms with Gasteiger partial charge in [-0.15, -0.1) is 0 Å². The molecule has 3 rings (SSSR count). The largest absolute Gasteiger partial charge is 0.393 e. The lowest BCUT2D eigenvalue weighted by molar-refractivity contribution is -0.385. The summed E-state index contributed by atoms with van der Waals surface area (Å²) in [6, 6.07) is 5.93. The standard InChI is InChI=1S/C14H18N2O3/c1-9-13(3-2-4-14(9)16(18)19)15-10-5-6-11(15)8-12(17)7-10/h2-4,10-12,17H,5-8H2,1H3. The number of piperidine rings is 1. The number of aliphatic hydroxyl groups excluding tert-OH is 1. The first kappa shape index (κ1) is 12.4. The number of nitro benzene ring substituents is 1. The van der Waals surface area contributed by atoms with E-state index in [0.717, 1.165) is 36.9 Å². The highest BCUT2D eigenvalue weighted by molar-refractivity contribution is 5.63. The molecular formula is C14H18N2O3. The molecule has 1 aromatic carbocycles. The van der Waals surface area contributed by atoms with E-state index in [1.54, 1.807) is 12.1 Å². The van der Waals surface area contributed by atoms with Crippen molar-refractivity contribution in [1.29, 1.82) is 0 Å². The molecule has 0 aromatic heterocycles. The molecule has 5 heteroatoms. The number of benzene rings is 1. The van der Waals surface area contributed by atoms with Crippen molar-refractivity contribution in [3.8, 4) is 0 Å². The van der Waals surface area contributed by atoms with Crippen LogP contribution >= 0.6 is 0 Å². The third-order valence-corrected chi connectivity index (χ3v) is 4.46. The third-order valence-electron chi connectivity index (χ3n) is 4.46. The van der Waals surface area contributed by atoms with Crippen LogP contribution in [-0.4, -0.2) is 28.2 Å². The van der Waals surface area contributed by atoms with E-state index in [-0.39, 0.29) is 16.7 Å². The highest BCUT2D eigenvalue weighted by Gasteiger charge is 2.41. The molecule has 2 heterocycles. The van der Waals surface area contributed by atoms with Gasteiger partial charge >= 0.3 is 0 Å². The van der Waals surface area contributed by atoms with Crippen molar-refractivity contribution < 1.29 is 10.0 Å². The monoisotopic (exact) mass is 262 g/mol. The molecule has 1 aromatic rings. The molecule has 2 unspecified atom stereocenters. The van der Waals surface area contributed by atoms with Crippen molar-refractivity contribution in [3.05, 3.63) is 33.9 Å². The normalized spacial score (nSPS) is 29.6. The van der Waals surface area contributed by atoms with Gasteiger partial charge in [0.15, 0.2) is 0 Å². The highest BCUT2D eigenvalue weighted by atomic mass is 16.6. The Morgan fingerprint density at radius 3 is 2.53 bits per heavy atom. The summed E-state index contributed by atoms with van der Waals surface area (Å²) in [5.41, 5.74) is 1.89. The Bertz CT molecular complexity index is 503. The van der Waals surface area contributed by atoms with Crippen LogP contribution in [0.4, 0.5) is 11.4 Å². The topological polar surface area (TPSA) is 66.6 Å². The second kappa shape index (κ2) is 4.49. The van der Waals surface area contributed by atoms with E-state index in [2.05, 4.69) is 4.90 Å². The number of hydrogen-bond acceptors (Lipinski definition) is 4. The summed E-state index contributed by atoms with van der Waals surface area (Å²) in [7, 11) is 0. The Morgan fingerprint density at radius 2 is 1.95 bits per heavy atom. The third kappa shape index (κ3) is 1.98. The maximum absolute atomic E-state index is 11.0. The van der Waals surface area contributed by atoms with E-state index in [4.69, 9.17) is 0 Å². The van der Waals surface area contributed by atoms with Gasteiger partial charge in [-0.05, 0) is 38.7 Å². The van der Waals surface area contributed by atoms with Crippen molar-refractivity contribution in [3.63, 3.8) is 0 Å². The molecule has 19 heavy (non-hydrogen) atoms. The minimum absolute atomic E-state index is 0.183. The van der Waals surface area contributed by atoms with Gasteiger partial charge in [-0.2, -0.15) is 0 Å². The van der Waals surface area contributed by atoms with Gasteiger partial charge in [0, 0.05) is 23.8 Å². The Balaban J connectivity index is 1.99. The first-order chi connectivity index (χ1) is 9.08. The van der Waals surface area contributed by atoms with Crippen LogP contribution in [0.2, 0.25) is 0 Å². The van der Waals surface area contributed by atoms with E-state index in [9.17, 15) is 15.2 Å². The van der Waals surface area contributed by atoms with Gasteiger partial charge in [0.25, 0.3) is 5.69 Å². The predicted octanol–water partition coefficient (Wildman–Crippen LogP) is 2.40. The summed E-state index contributed by atoms with van der Waals surface area (Å²) in [5.74, 6) is 0. The zero-order valence-electron chi connectivity index (χ0n) is 11.0. The summed E-state index contributed by atoms with van der Waals surface area (Å²) in [5, 5.41) is 20.9. The van der Waals surface area contributed by atoms with E-state index in [0.29, 0.717) is 12.1 Å². The Kier molecular flexibility index (Phi) is 2.93. The van der Waals surface area contributed by atoms with Crippen LogP contribution in [0.3, 0.4) is 0 Å². The predicted molar refractivity (Wildman–Crippen MR) is 72.4 cm³/mol. The Labute approximate surface area is 112 Å². The molecule has 2 fully saturated rings. The molecule has 2 bridgehead atoms. The van der Waals surface area contributed by atoms with Crippen LogP contribution in [0.5, 0.6) is 0 Å². The summed E-state index contributed by atoms with van der Waals surface area (Å²) < 4.78 is 0. The quantitative estimate of drug-likeness (QED) is 0.656. The Hall–Kier alpha value is -1.62. The fourth-order valence-corrected chi connectivity index (χ4v) is 3.63. The van der Waals surface area contributed by atoms with Crippen LogP contribution in [0.15, 0.2) is 18.2 Å². The summed E-state index contributed by atoms with van der Waals surface area (Å²) in [6.07, 6.45) is 3.48. The van der Waals surface area contributed by atoms with E-state index < -0.39 is 0 Å². The average Bonchev–Trinajstić information content (AvgIpc) is 2.62. The van der Waals surface area contributed by atoms with E-state index in [1.807, 2.05) is 13.0 Å². The number of fused-ring (bicyclic) bond motifs is 2. The van der Waals surface area contributed by atoms with Crippen LogP contribution in [0, 0.1) is 17.0 Å². The number of nitrogens with zero attached hydrogens (tertiary/aromatic N) is 2. The van der Waals surface area contributed by atoms with Gasteiger partial charge in [-0.25, -0.2) is 0 Å². The SMILES string of the molecule is Cc1c(N2C3CCC2CC(O)C3)cccc1[N+](=O)[O-]. The highest BCUT2D eigenvalue weighted by Crippen LogP contribution is 2.42. The summed E-state index contributed by atoms with van der Waals surface area (Å²) >= 11 is 0. The van der Waals surface area contributed by atoms with Crippen molar-refractivity contribution >= 4 is 11.4 Å². The van der Waals surface area contributed by atoms with Crippen LogP contribution in [0.1, 0.15) is 31.2 Å². The van der Waals surface area contributed by atoms with Crippen LogP contribution in [-0.2, 0) is 0 Å². The molecule has 2 aliphatic rings. The number of aliphatic hydroxyl groups is 1. The molecule has 0 radical (unpaired) electrons. The molecule has 5 nitrogen and oxygen atoms in total. The molecule has 0 saturated carbocycles. The molecule has 0 spiro atoms. The van der Waals surface area contributed by atoms with Gasteiger partial charge in [-0.3, -0.25) is 10.1 Å². The number of anilines is 1. The average molecular weight is 262 g/mol. The smallest absolute Gasteiger partial charge is 0.274 e. The van der Waals surface area contributed by atoms with Crippen LogP contribution in [0.25, 0.3) is 0 Å². The zero-order chi connectivity index (χ0) is 13.6. The second-order valence-corrected chi connectivity index (χ2v) is 5.60. The lowest BCUT2D eigenvalue weighted by Gasteiger charge is -2.39. The first-order valence-corrected chi connectivity index (χ1v) is 6.78. The van der Waals surface area contributed by atoms with Gasteiger partial charge in [0.05, 0.1) is 16.6 Å². The van der Waals surface area contributed by atoms with Crippen molar-refractivity contribution in [2.24, 2.45) is 0 Å². The van der Waals surface area contributed by atoms with E-state index >= 15 is 0 Å². The molecule has 2 aliphatic heterocycles. The number of nitro groups is 1. The lowest BCUT2D eigenvalue weighted by Crippen LogP contribution is -2.45. The maximum atomic E-state index is 11.0. The second-order valence-electron chi connectivity index (χ2n) is 5.60. The summed E-state index contributed by atoms with van der Waals surface area (Å²) in [4.78, 5) is 13.0. The minimum Gasteiger partial charge on any atom is -0.393 e. The van der Waals surface area contributed by atoms with Crippen molar-refractivity contribution in [2.45, 2.75) is 50.8 Å². The molecule has 102 valence electrons. The van der Waals surface area contributed by atoms with Gasteiger partial charge < -0.3 is 10.0 Å². The molecule has 2 saturated heterocycles. The molecule has 1 N–H and O–H groups in total. The Morgan fingerprint density at radius 1 is 1.32 bits per heavy atom. The van der Waals surface area contributed by atoms with Gasteiger partial charge in [0.2, 0.25) is 0 Å². The maximum Gasteiger partial charge on any atom is 0.274 e. The first-order valence-electron chi connectivity index (χ1n) is 6.78. The zero-order valence-corrected chi connectivity index (χ0v) is 11.0. The fourth-order valence-electron chi connectivity index (χ4n) is 3.63. The fraction of sp³-hybridized carbons (Fsp3) is 0.571. The molecule has 2 atom stereocenters. The minimum atomic E-state index is -0.320. The van der Waals surface area contributed by atoms with Gasteiger partial charge in [-0.1, -0.05) is 6.07 Å². The van der Waals surface area contributed by atoms with Crippen molar-refractivity contribution in [1.82, 2.24) is 0 Å². The van der Waals surface area contributed by atoms with Gasteiger partial charge in [0.1, 0.15) is 0 Å². The molecule has 0 amide bonds.